The molecule has 1 aromatic rings. The lowest BCUT2D eigenvalue weighted by molar-refractivity contribution is -0.124. The van der Waals surface area contributed by atoms with E-state index in [2.05, 4.69) is 26.1 Å². The second-order valence-electron chi connectivity index (χ2n) is 6.95. The van der Waals surface area contributed by atoms with Gasteiger partial charge in [0.1, 0.15) is 0 Å². The van der Waals surface area contributed by atoms with Crippen molar-refractivity contribution in [3.63, 3.8) is 0 Å². The first-order valence-corrected chi connectivity index (χ1v) is 7.93. The average Bonchev–Trinajstić information content (AvgIpc) is 2.97. The van der Waals surface area contributed by atoms with E-state index in [4.69, 9.17) is 4.74 Å². The van der Waals surface area contributed by atoms with Crippen LogP contribution in [-0.2, 0) is 14.9 Å². The molecule has 0 heterocycles. The second-order valence-corrected chi connectivity index (χ2v) is 6.95. The Morgan fingerprint density at radius 2 is 1.73 bits per heavy atom. The smallest absolute Gasteiger partial charge is 0.338 e. The van der Waals surface area contributed by atoms with Gasteiger partial charge in [-0.3, -0.25) is 4.79 Å². The van der Waals surface area contributed by atoms with Crippen molar-refractivity contribution < 1.29 is 14.3 Å². The molecule has 1 amide bonds. The minimum atomic E-state index is -0.456. The van der Waals surface area contributed by atoms with E-state index in [1.54, 1.807) is 12.1 Å². The predicted octanol–water partition coefficient (Wildman–Crippen LogP) is 3.20. The van der Waals surface area contributed by atoms with Gasteiger partial charge in [0.25, 0.3) is 5.91 Å². The number of benzene rings is 1. The van der Waals surface area contributed by atoms with Crippen LogP contribution < -0.4 is 5.32 Å². The summed E-state index contributed by atoms with van der Waals surface area (Å²) in [7, 11) is 0. The van der Waals surface area contributed by atoms with Gasteiger partial charge in [0.2, 0.25) is 0 Å². The molecule has 0 radical (unpaired) electrons. The summed E-state index contributed by atoms with van der Waals surface area (Å²) in [5.74, 6) is -0.673. The fraction of sp³-hybridized carbons (Fsp3) is 0.556. The summed E-state index contributed by atoms with van der Waals surface area (Å²) in [6.07, 6.45) is 4.36. The minimum absolute atomic E-state index is 0.0452. The fourth-order valence-electron chi connectivity index (χ4n) is 2.66. The van der Waals surface area contributed by atoms with E-state index < -0.39 is 5.97 Å². The van der Waals surface area contributed by atoms with E-state index in [1.807, 2.05) is 12.1 Å². The van der Waals surface area contributed by atoms with Gasteiger partial charge in [-0.1, -0.05) is 45.7 Å². The van der Waals surface area contributed by atoms with Crippen molar-refractivity contribution in [3.05, 3.63) is 35.4 Å². The third-order valence-corrected chi connectivity index (χ3v) is 4.04. The molecule has 4 nitrogen and oxygen atoms in total. The number of nitrogens with one attached hydrogen (secondary N) is 1. The molecule has 2 rings (SSSR count). The molecule has 1 aliphatic rings. The number of carbonyl (C=O) groups is 2. The molecule has 22 heavy (non-hydrogen) atoms. The van der Waals surface area contributed by atoms with Crippen LogP contribution in [0.3, 0.4) is 0 Å². The van der Waals surface area contributed by atoms with Crippen molar-refractivity contribution in [3.8, 4) is 0 Å². The van der Waals surface area contributed by atoms with Crippen LogP contribution in [0.1, 0.15) is 62.4 Å². The number of carbonyl (C=O) groups excluding carboxylic acids is 2. The molecule has 1 saturated carbocycles. The van der Waals surface area contributed by atoms with Crippen molar-refractivity contribution in [2.45, 2.75) is 57.9 Å². The number of rotatable bonds is 4. The monoisotopic (exact) mass is 303 g/mol. The lowest BCUT2D eigenvalue weighted by Crippen LogP contribution is -2.35. The van der Waals surface area contributed by atoms with Gasteiger partial charge in [-0.25, -0.2) is 4.79 Å². The molecule has 120 valence electrons. The van der Waals surface area contributed by atoms with Gasteiger partial charge in [0, 0.05) is 6.04 Å². The maximum atomic E-state index is 11.9. The number of esters is 1. The number of hydrogen-bond acceptors (Lipinski definition) is 3. The third kappa shape index (κ3) is 4.58. The molecule has 0 spiro atoms. The number of amides is 1. The van der Waals surface area contributed by atoms with Gasteiger partial charge in [0.05, 0.1) is 5.56 Å². The van der Waals surface area contributed by atoms with E-state index in [1.165, 1.54) is 0 Å². The maximum Gasteiger partial charge on any atom is 0.338 e. The highest BCUT2D eigenvalue weighted by molar-refractivity contribution is 5.91. The van der Waals surface area contributed by atoms with Gasteiger partial charge in [-0.15, -0.1) is 0 Å². The van der Waals surface area contributed by atoms with Crippen LogP contribution in [0.2, 0.25) is 0 Å². The predicted molar refractivity (Wildman–Crippen MR) is 85.8 cm³/mol. The lowest BCUT2D eigenvalue weighted by Gasteiger charge is -2.19. The van der Waals surface area contributed by atoms with Crippen molar-refractivity contribution in [2.24, 2.45) is 0 Å². The Hall–Kier alpha value is -1.84. The Kier molecular flexibility index (Phi) is 5.22. The zero-order valence-electron chi connectivity index (χ0n) is 13.6. The zero-order chi connectivity index (χ0) is 16.2. The van der Waals surface area contributed by atoms with E-state index in [-0.39, 0.29) is 24.0 Å². The Morgan fingerprint density at radius 3 is 2.27 bits per heavy atom. The van der Waals surface area contributed by atoms with Crippen molar-refractivity contribution in [1.29, 1.82) is 0 Å². The Balaban J connectivity index is 1.82. The van der Waals surface area contributed by atoms with Crippen LogP contribution in [0.15, 0.2) is 24.3 Å². The third-order valence-electron chi connectivity index (χ3n) is 4.04. The van der Waals surface area contributed by atoms with Crippen molar-refractivity contribution in [2.75, 3.05) is 6.61 Å². The van der Waals surface area contributed by atoms with Crippen LogP contribution in [0, 0.1) is 0 Å². The molecule has 0 unspecified atom stereocenters. The molecule has 0 bridgehead atoms. The van der Waals surface area contributed by atoms with Crippen LogP contribution in [0.5, 0.6) is 0 Å². The highest BCUT2D eigenvalue weighted by Gasteiger charge is 2.18. The molecular weight excluding hydrogens is 278 g/mol. The topological polar surface area (TPSA) is 55.4 Å². The summed E-state index contributed by atoms with van der Waals surface area (Å²) in [6.45, 7) is 6.14. The molecule has 1 aromatic carbocycles. The summed E-state index contributed by atoms with van der Waals surface area (Å²) in [6, 6.07) is 7.59. The molecule has 0 aromatic heterocycles. The minimum Gasteiger partial charge on any atom is -0.452 e. The first kappa shape index (κ1) is 16.5. The van der Waals surface area contributed by atoms with E-state index in [0.717, 1.165) is 31.2 Å². The average molecular weight is 303 g/mol. The molecule has 1 fully saturated rings. The van der Waals surface area contributed by atoms with Crippen LogP contribution in [0.25, 0.3) is 0 Å². The van der Waals surface area contributed by atoms with E-state index >= 15 is 0 Å². The highest BCUT2D eigenvalue weighted by atomic mass is 16.5. The normalized spacial score (nSPS) is 15.6. The molecule has 0 atom stereocenters. The quantitative estimate of drug-likeness (QED) is 0.869. The Bertz CT molecular complexity index is 522. The van der Waals surface area contributed by atoms with Gasteiger partial charge in [-0.2, -0.15) is 0 Å². The molecule has 4 heteroatoms. The first-order chi connectivity index (χ1) is 10.4. The van der Waals surface area contributed by atoms with Crippen LogP contribution in [0.4, 0.5) is 0 Å². The SMILES string of the molecule is CC(C)(C)c1ccc(C(=O)OCC(=O)NC2CCCC2)cc1. The second kappa shape index (κ2) is 6.95. The van der Waals surface area contributed by atoms with Crippen LogP contribution in [-0.4, -0.2) is 24.5 Å². The number of hydrogen-bond donors (Lipinski definition) is 1. The molecule has 1 aliphatic carbocycles. The Morgan fingerprint density at radius 1 is 1.14 bits per heavy atom. The van der Waals surface area contributed by atoms with E-state index in [0.29, 0.717) is 5.56 Å². The molecule has 1 N–H and O–H groups in total. The Labute approximate surface area is 132 Å². The summed E-state index contributed by atoms with van der Waals surface area (Å²) >= 11 is 0. The number of ether oxygens (including phenoxy) is 1. The summed E-state index contributed by atoms with van der Waals surface area (Å²) in [5.41, 5.74) is 1.67. The van der Waals surface area contributed by atoms with Gasteiger partial charge in [0.15, 0.2) is 6.61 Å². The van der Waals surface area contributed by atoms with Gasteiger partial charge in [-0.05, 0) is 36.0 Å². The maximum absolute atomic E-state index is 11.9. The standard InChI is InChI=1S/C18H25NO3/c1-18(2,3)14-10-8-13(9-11-14)17(21)22-12-16(20)19-15-6-4-5-7-15/h8-11,15H,4-7,12H2,1-3H3,(H,19,20). The summed E-state index contributed by atoms with van der Waals surface area (Å²) in [5, 5.41) is 2.90. The van der Waals surface area contributed by atoms with Crippen molar-refractivity contribution in [1.82, 2.24) is 5.32 Å². The molecule has 0 aliphatic heterocycles. The zero-order valence-corrected chi connectivity index (χ0v) is 13.6. The van der Waals surface area contributed by atoms with Crippen molar-refractivity contribution >= 4 is 11.9 Å². The lowest BCUT2D eigenvalue weighted by atomic mass is 9.87. The highest BCUT2D eigenvalue weighted by Crippen LogP contribution is 2.22. The van der Waals surface area contributed by atoms with Gasteiger partial charge >= 0.3 is 5.97 Å². The summed E-state index contributed by atoms with van der Waals surface area (Å²) < 4.78 is 5.07. The van der Waals surface area contributed by atoms with Crippen LogP contribution >= 0.6 is 0 Å². The summed E-state index contributed by atoms with van der Waals surface area (Å²) in [4.78, 5) is 23.7. The van der Waals surface area contributed by atoms with E-state index in [9.17, 15) is 9.59 Å². The fourth-order valence-corrected chi connectivity index (χ4v) is 2.66. The molecule has 0 saturated heterocycles. The first-order valence-electron chi connectivity index (χ1n) is 7.93. The largest absolute Gasteiger partial charge is 0.452 e. The molecular formula is C18H25NO3. The van der Waals surface area contributed by atoms with Gasteiger partial charge < -0.3 is 10.1 Å².